The van der Waals surface area contributed by atoms with E-state index in [2.05, 4.69) is 0 Å². The van der Waals surface area contributed by atoms with E-state index in [1.165, 1.54) is 29.7 Å². The quantitative estimate of drug-likeness (QED) is 0.372. The topological polar surface area (TPSA) is 119 Å². The molecule has 1 amide bonds. The summed E-state index contributed by atoms with van der Waals surface area (Å²) in [5.74, 6) is -0.612. The second kappa shape index (κ2) is 9.38. The normalized spacial score (nSPS) is 15.9. The Bertz CT molecular complexity index is 982. The first kappa shape index (κ1) is 21.9. The number of amides is 1. The second-order valence-corrected chi connectivity index (χ2v) is 9.17. The van der Waals surface area contributed by atoms with Gasteiger partial charge in [-0.25, -0.2) is 13.9 Å². The molecule has 2 aromatic rings. The summed E-state index contributed by atoms with van der Waals surface area (Å²) in [4.78, 5) is 24.3. The summed E-state index contributed by atoms with van der Waals surface area (Å²) in [6.07, 6.45) is 0.0764. The third-order valence-corrected chi connectivity index (χ3v) is 7.67. The lowest BCUT2D eigenvalue weighted by Crippen LogP contribution is -2.54. The Balaban J connectivity index is 1.68. The fraction of sp³-hybridized carbons (Fsp3) is 0.333. The molecule has 0 saturated carbocycles. The highest BCUT2D eigenvalue weighted by Gasteiger charge is 2.52. The number of Topliss-reactive ketones (excluding diaryl/α,β-unsaturated/α-hetero) is 1. The van der Waals surface area contributed by atoms with Crippen LogP contribution in [0.5, 0.6) is 5.75 Å². The molecular weight excluding hydrogens is 410 g/mol. The van der Waals surface area contributed by atoms with Crippen molar-refractivity contribution in [3.8, 4) is 5.75 Å². The highest BCUT2D eigenvalue weighted by Crippen LogP contribution is 2.35. The SMILES string of the molecule is O=C(CCOc1ccc(S(=O)(=O)C2(C(=O)NO)CCOCC2)cc1)c1ccccc1. The molecule has 0 unspecified atom stereocenters. The second-order valence-electron chi connectivity index (χ2n) is 6.91. The zero-order valence-corrected chi connectivity index (χ0v) is 17.1. The summed E-state index contributed by atoms with van der Waals surface area (Å²) in [6.45, 7) is 0.348. The van der Waals surface area contributed by atoms with Crippen LogP contribution in [0.3, 0.4) is 0 Å². The summed E-state index contributed by atoms with van der Waals surface area (Å²) < 4.78 is 35.3. The van der Waals surface area contributed by atoms with E-state index >= 15 is 0 Å². The third kappa shape index (κ3) is 4.38. The van der Waals surface area contributed by atoms with Crippen LogP contribution >= 0.6 is 0 Å². The number of hydrogen-bond acceptors (Lipinski definition) is 7. The van der Waals surface area contributed by atoms with Gasteiger partial charge in [0.1, 0.15) is 5.75 Å². The highest BCUT2D eigenvalue weighted by molar-refractivity contribution is 7.93. The Kier molecular flexibility index (Phi) is 6.86. The number of rotatable bonds is 8. The number of ketones is 1. The largest absolute Gasteiger partial charge is 0.493 e. The molecule has 0 aliphatic carbocycles. The Morgan fingerprint density at radius 3 is 2.27 bits per heavy atom. The maximum absolute atomic E-state index is 13.2. The van der Waals surface area contributed by atoms with E-state index in [9.17, 15) is 18.0 Å². The molecule has 30 heavy (non-hydrogen) atoms. The zero-order chi connectivity index (χ0) is 21.6. The van der Waals surface area contributed by atoms with Crippen LogP contribution in [0, 0.1) is 0 Å². The molecule has 0 aromatic heterocycles. The van der Waals surface area contributed by atoms with Crippen LogP contribution < -0.4 is 10.2 Å². The predicted octanol–water partition coefficient (Wildman–Crippen LogP) is 2.17. The van der Waals surface area contributed by atoms with Gasteiger partial charge in [0.15, 0.2) is 20.4 Å². The van der Waals surface area contributed by atoms with Gasteiger partial charge in [-0.3, -0.25) is 14.8 Å². The molecule has 9 heteroatoms. The maximum atomic E-state index is 13.2. The van der Waals surface area contributed by atoms with E-state index in [-0.39, 0.29) is 49.8 Å². The maximum Gasteiger partial charge on any atom is 0.265 e. The van der Waals surface area contributed by atoms with Crippen LogP contribution in [-0.4, -0.2) is 49.9 Å². The molecule has 0 spiro atoms. The lowest BCUT2D eigenvalue weighted by molar-refractivity contribution is -0.134. The average Bonchev–Trinajstić information content (AvgIpc) is 2.79. The van der Waals surface area contributed by atoms with Crippen LogP contribution in [-0.2, 0) is 19.4 Å². The first-order chi connectivity index (χ1) is 14.4. The number of hydroxylamine groups is 1. The van der Waals surface area contributed by atoms with Crippen molar-refractivity contribution < 1.29 is 32.7 Å². The summed E-state index contributed by atoms with van der Waals surface area (Å²) in [5, 5.41) is 9.08. The van der Waals surface area contributed by atoms with Crippen molar-refractivity contribution in [2.24, 2.45) is 0 Å². The van der Waals surface area contributed by atoms with E-state index in [0.717, 1.165) is 0 Å². The van der Waals surface area contributed by atoms with Crippen molar-refractivity contribution >= 4 is 21.5 Å². The van der Waals surface area contributed by atoms with E-state index in [0.29, 0.717) is 11.3 Å². The van der Waals surface area contributed by atoms with Gasteiger partial charge in [-0.2, -0.15) is 0 Å². The van der Waals surface area contributed by atoms with Crippen molar-refractivity contribution in [1.29, 1.82) is 0 Å². The van der Waals surface area contributed by atoms with Crippen LogP contribution in [0.1, 0.15) is 29.6 Å². The van der Waals surface area contributed by atoms with Crippen LogP contribution in [0.25, 0.3) is 0 Å². The smallest absolute Gasteiger partial charge is 0.265 e. The molecular formula is C21H23NO7S. The fourth-order valence-electron chi connectivity index (χ4n) is 3.39. The Labute approximate surface area is 174 Å². The number of ether oxygens (including phenoxy) is 2. The van der Waals surface area contributed by atoms with Crippen LogP contribution in [0.15, 0.2) is 59.5 Å². The van der Waals surface area contributed by atoms with Gasteiger partial charge in [0.05, 0.1) is 11.5 Å². The molecule has 0 radical (unpaired) electrons. The van der Waals surface area contributed by atoms with Gasteiger partial charge in [-0.1, -0.05) is 30.3 Å². The first-order valence-corrected chi connectivity index (χ1v) is 11.0. The molecule has 0 bridgehead atoms. The van der Waals surface area contributed by atoms with Crippen molar-refractivity contribution in [2.75, 3.05) is 19.8 Å². The third-order valence-electron chi connectivity index (χ3n) is 5.16. The van der Waals surface area contributed by atoms with Gasteiger partial charge in [0.25, 0.3) is 5.91 Å². The van der Waals surface area contributed by atoms with Gasteiger partial charge in [0.2, 0.25) is 0 Å². The summed E-state index contributed by atoms with van der Waals surface area (Å²) in [7, 11) is -4.08. The monoisotopic (exact) mass is 433 g/mol. The predicted molar refractivity (Wildman–Crippen MR) is 107 cm³/mol. The molecule has 0 atom stereocenters. The minimum Gasteiger partial charge on any atom is -0.493 e. The molecule has 2 aromatic carbocycles. The number of carbonyl (C=O) groups excluding carboxylic acids is 2. The van der Waals surface area contributed by atoms with Gasteiger partial charge in [0, 0.05) is 25.2 Å². The lowest BCUT2D eigenvalue weighted by Gasteiger charge is -2.34. The molecule has 1 fully saturated rings. The van der Waals surface area contributed by atoms with Crippen LogP contribution in [0.4, 0.5) is 0 Å². The van der Waals surface area contributed by atoms with E-state index in [1.54, 1.807) is 24.3 Å². The van der Waals surface area contributed by atoms with Crippen molar-refractivity contribution in [2.45, 2.75) is 28.9 Å². The van der Waals surface area contributed by atoms with Crippen molar-refractivity contribution in [3.05, 3.63) is 60.2 Å². The standard InChI is InChI=1S/C21H23NO7S/c23-19(16-4-2-1-3-5-16)10-13-29-17-6-8-18(9-7-17)30(26,27)21(20(24)22-25)11-14-28-15-12-21/h1-9,25H,10-15H2,(H,22,24). The van der Waals surface area contributed by atoms with Gasteiger partial charge >= 0.3 is 0 Å². The Morgan fingerprint density at radius 1 is 1.03 bits per heavy atom. The Hall–Kier alpha value is -2.75. The molecule has 8 nitrogen and oxygen atoms in total. The minimum absolute atomic E-state index is 0.0497. The van der Waals surface area contributed by atoms with E-state index in [4.69, 9.17) is 14.7 Å². The van der Waals surface area contributed by atoms with Crippen LogP contribution in [0.2, 0.25) is 0 Å². The summed E-state index contributed by atoms with van der Waals surface area (Å²) >= 11 is 0. The van der Waals surface area contributed by atoms with Crippen molar-refractivity contribution in [1.82, 2.24) is 5.48 Å². The molecule has 1 saturated heterocycles. The van der Waals surface area contributed by atoms with Gasteiger partial charge in [-0.05, 0) is 37.1 Å². The molecule has 1 aliphatic heterocycles. The highest BCUT2D eigenvalue weighted by atomic mass is 32.2. The first-order valence-electron chi connectivity index (χ1n) is 9.49. The number of benzene rings is 2. The molecule has 1 aliphatic rings. The molecule has 160 valence electrons. The summed E-state index contributed by atoms with van der Waals surface area (Å²) in [6, 6.07) is 14.5. The number of sulfone groups is 1. The van der Waals surface area contributed by atoms with Crippen molar-refractivity contribution in [3.63, 3.8) is 0 Å². The van der Waals surface area contributed by atoms with Gasteiger partial charge < -0.3 is 9.47 Å². The number of nitrogens with one attached hydrogen (secondary N) is 1. The average molecular weight is 433 g/mol. The summed E-state index contributed by atoms with van der Waals surface area (Å²) in [5.41, 5.74) is 2.09. The van der Waals surface area contributed by atoms with E-state index < -0.39 is 20.5 Å². The zero-order valence-electron chi connectivity index (χ0n) is 16.2. The number of hydrogen-bond donors (Lipinski definition) is 2. The molecule has 2 N–H and O–H groups in total. The lowest BCUT2D eigenvalue weighted by atomic mass is 9.98. The minimum atomic E-state index is -4.08. The molecule has 3 rings (SSSR count). The van der Waals surface area contributed by atoms with E-state index in [1.807, 2.05) is 6.07 Å². The van der Waals surface area contributed by atoms with Gasteiger partial charge in [-0.15, -0.1) is 0 Å². The fourth-order valence-corrected chi connectivity index (χ4v) is 5.33. The number of carbonyl (C=O) groups is 2. The molecule has 1 heterocycles. The Morgan fingerprint density at radius 2 is 1.67 bits per heavy atom.